The molecule has 0 spiro atoms. The second-order valence-corrected chi connectivity index (χ2v) is 3.50. The van der Waals surface area contributed by atoms with E-state index in [-0.39, 0.29) is 0 Å². The van der Waals surface area contributed by atoms with E-state index in [9.17, 15) is 14.4 Å². The summed E-state index contributed by atoms with van der Waals surface area (Å²) in [7, 11) is 0. The minimum Gasteiger partial charge on any atom is -0.481 e. The number of aliphatic carboxylic acids is 3. The fourth-order valence-electron chi connectivity index (χ4n) is 1.47. The van der Waals surface area contributed by atoms with Gasteiger partial charge in [0, 0.05) is 0 Å². The van der Waals surface area contributed by atoms with Gasteiger partial charge in [0.2, 0.25) is 0 Å². The van der Waals surface area contributed by atoms with Crippen molar-refractivity contribution in [3.05, 3.63) is 12.7 Å². The summed E-state index contributed by atoms with van der Waals surface area (Å²) in [6.07, 6.45) is 0.584. The molecular weight excluding hydrogens is 216 g/mol. The van der Waals surface area contributed by atoms with Crippen LogP contribution >= 0.6 is 0 Å². The minimum atomic E-state index is -1.46. The molecule has 3 unspecified atom stereocenters. The standard InChI is InChI=1S/C10H14O6/c1-3-5(2)8(10(15)16)6(9(13)14)4-7(11)12/h3,5-6,8H,1,4H2,2H3,(H,11,12)(H,13,14)(H,15,16). The van der Waals surface area contributed by atoms with E-state index in [1.54, 1.807) is 0 Å². The van der Waals surface area contributed by atoms with Crippen LogP contribution in [-0.2, 0) is 14.4 Å². The van der Waals surface area contributed by atoms with Crippen LogP contribution in [-0.4, -0.2) is 33.2 Å². The second-order valence-electron chi connectivity index (χ2n) is 3.50. The number of hydrogen-bond acceptors (Lipinski definition) is 3. The highest BCUT2D eigenvalue weighted by Crippen LogP contribution is 2.25. The van der Waals surface area contributed by atoms with Crippen molar-refractivity contribution < 1.29 is 29.7 Å². The molecule has 16 heavy (non-hydrogen) atoms. The Morgan fingerprint density at radius 1 is 1.19 bits per heavy atom. The number of carbonyl (C=O) groups is 3. The average molecular weight is 230 g/mol. The van der Waals surface area contributed by atoms with Crippen LogP contribution in [0.15, 0.2) is 12.7 Å². The molecule has 0 heterocycles. The van der Waals surface area contributed by atoms with Crippen molar-refractivity contribution in [1.29, 1.82) is 0 Å². The Morgan fingerprint density at radius 3 is 1.94 bits per heavy atom. The zero-order chi connectivity index (χ0) is 12.9. The van der Waals surface area contributed by atoms with Crippen LogP contribution in [0.1, 0.15) is 13.3 Å². The van der Waals surface area contributed by atoms with Gasteiger partial charge in [-0.1, -0.05) is 13.0 Å². The zero-order valence-electron chi connectivity index (χ0n) is 8.79. The highest BCUT2D eigenvalue weighted by molar-refractivity contribution is 5.84. The smallest absolute Gasteiger partial charge is 0.307 e. The van der Waals surface area contributed by atoms with Gasteiger partial charge in [-0.15, -0.1) is 6.58 Å². The van der Waals surface area contributed by atoms with Gasteiger partial charge in [0.1, 0.15) is 0 Å². The molecule has 0 aliphatic heterocycles. The van der Waals surface area contributed by atoms with Crippen molar-refractivity contribution in [2.45, 2.75) is 13.3 Å². The van der Waals surface area contributed by atoms with Crippen LogP contribution in [0.2, 0.25) is 0 Å². The van der Waals surface area contributed by atoms with E-state index < -0.39 is 42.1 Å². The molecule has 0 amide bonds. The van der Waals surface area contributed by atoms with E-state index in [0.29, 0.717) is 0 Å². The van der Waals surface area contributed by atoms with E-state index in [1.165, 1.54) is 13.0 Å². The molecule has 0 saturated carbocycles. The van der Waals surface area contributed by atoms with Crippen molar-refractivity contribution in [2.24, 2.45) is 17.8 Å². The van der Waals surface area contributed by atoms with E-state index in [4.69, 9.17) is 15.3 Å². The first-order valence-electron chi connectivity index (χ1n) is 4.61. The summed E-state index contributed by atoms with van der Waals surface area (Å²) in [5.41, 5.74) is 0. The maximum atomic E-state index is 10.9. The van der Waals surface area contributed by atoms with Gasteiger partial charge in [-0.3, -0.25) is 14.4 Å². The summed E-state index contributed by atoms with van der Waals surface area (Å²) < 4.78 is 0. The molecule has 0 aliphatic carbocycles. The van der Waals surface area contributed by atoms with Crippen molar-refractivity contribution in [3.8, 4) is 0 Å². The van der Waals surface area contributed by atoms with Gasteiger partial charge in [-0.2, -0.15) is 0 Å². The molecule has 0 fully saturated rings. The van der Waals surface area contributed by atoms with Gasteiger partial charge in [0.15, 0.2) is 0 Å². The monoisotopic (exact) mass is 230 g/mol. The lowest BCUT2D eigenvalue weighted by molar-refractivity contribution is -0.158. The topological polar surface area (TPSA) is 112 Å². The molecule has 0 aromatic heterocycles. The van der Waals surface area contributed by atoms with Crippen LogP contribution in [0.4, 0.5) is 0 Å². The average Bonchev–Trinajstić information content (AvgIpc) is 2.14. The van der Waals surface area contributed by atoms with Gasteiger partial charge >= 0.3 is 17.9 Å². The first-order valence-corrected chi connectivity index (χ1v) is 4.61. The Kier molecular flexibility index (Phi) is 5.21. The molecule has 6 heteroatoms. The Morgan fingerprint density at radius 2 is 1.69 bits per heavy atom. The van der Waals surface area contributed by atoms with Crippen LogP contribution in [0.25, 0.3) is 0 Å². The van der Waals surface area contributed by atoms with Gasteiger partial charge in [0.25, 0.3) is 0 Å². The summed E-state index contributed by atoms with van der Waals surface area (Å²) in [6, 6.07) is 0. The van der Waals surface area contributed by atoms with Gasteiger partial charge in [-0.25, -0.2) is 0 Å². The SMILES string of the molecule is C=CC(C)C(C(=O)O)C(CC(=O)O)C(=O)O. The predicted octanol–water partition coefficient (Wildman–Crippen LogP) is 0.685. The second kappa shape index (κ2) is 5.89. The summed E-state index contributed by atoms with van der Waals surface area (Å²) >= 11 is 0. The number of rotatable bonds is 7. The van der Waals surface area contributed by atoms with Gasteiger partial charge < -0.3 is 15.3 Å². The highest BCUT2D eigenvalue weighted by atomic mass is 16.4. The van der Waals surface area contributed by atoms with Crippen molar-refractivity contribution >= 4 is 17.9 Å². The van der Waals surface area contributed by atoms with Crippen molar-refractivity contribution in [2.75, 3.05) is 0 Å². The van der Waals surface area contributed by atoms with E-state index in [1.807, 2.05) is 0 Å². The molecule has 0 radical (unpaired) electrons. The normalized spacial score (nSPS) is 15.8. The molecule has 0 bridgehead atoms. The van der Waals surface area contributed by atoms with E-state index >= 15 is 0 Å². The molecular formula is C10H14O6. The lowest BCUT2D eigenvalue weighted by Crippen LogP contribution is -2.35. The minimum absolute atomic E-state index is 0.613. The summed E-state index contributed by atoms with van der Waals surface area (Å²) in [6.45, 7) is 4.87. The fraction of sp³-hybridized carbons (Fsp3) is 0.500. The molecule has 3 N–H and O–H groups in total. The number of carboxylic acids is 3. The Bertz CT molecular complexity index is 308. The third-order valence-corrected chi connectivity index (χ3v) is 2.37. The van der Waals surface area contributed by atoms with Crippen molar-refractivity contribution in [1.82, 2.24) is 0 Å². The summed E-state index contributed by atoms with van der Waals surface area (Å²) in [5.74, 6) is -7.45. The zero-order valence-corrected chi connectivity index (χ0v) is 8.79. The highest BCUT2D eigenvalue weighted by Gasteiger charge is 2.38. The van der Waals surface area contributed by atoms with Gasteiger partial charge in [0.05, 0.1) is 18.3 Å². The molecule has 0 aromatic carbocycles. The Labute approximate surface area is 92.2 Å². The number of hydrogen-bond donors (Lipinski definition) is 3. The fourth-order valence-corrected chi connectivity index (χ4v) is 1.47. The van der Waals surface area contributed by atoms with Crippen LogP contribution < -0.4 is 0 Å². The third-order valence-electron chi connectivity index (χ3n) is 2.37. The molecule has 3 atom stereocenters. The third kappa shape index (κ3) is 3.72. The van der Waals surface area contributed by atoms with E-state index in [2.05, 4.69) is 6.58 Å². The first kappa shape index (κ1) is 14.2. The van der Waals surface area contributed by atoms with Crippen LogP contribution in [0.3, 0.4) is 0 Å². The molecule has 0 aliphatic rings. The maximum Gasteiger partial charge on any atom is 0.307 e. The quantitative estimate of drug-likeness (QED) is 0.554. The number of allylic oxidation sites excluding steroid dienone is 1. The van der Waals surface area contributed by atoms with Crippen molar-refractivity contribution in [3.63, 3.8) is 0 Å². The van der Waals surface area contributed by atoms with E-state index in [0.717, 1.165) is 0 Å². The van der Waals surface area contributed by atoms with Gasteiger partial charge in [-0.05, 0) is 5.92 Å². The first-order chi connectivity index (χ1) is 7.31. The molecule has 0 aromatic rings. The summed E-state index contributed by atoms with van der Waals surface area (Å²) in [5, 5.41) is 26.3. The molecule has 6 nitrogen and oxygen atoms in total. The number of carboxylic acid groups (broad SMARTS) is 3. The lowest BCUT2D eigenvalue weighted by Gasteiger charge is -2.22. The predicted molar refractivity (Wildman–Crippen MR) is 53.9 cm³/mol. The van der Waals surface area contributed by atoms with Crippen LogP contribution in [0, 0.1) is 17.8 Å². The maximum absolute atomic E-state index is 10.9. The Balaban J connectivity index is 5.09. The summed E-state index contributed by atoms with van der Waals surface area (Å²) in [4.78, 5) is 32.2. The van der Waals surface area contributed by atoms with Crippen LogP contribution in [0.5, 0.6) is 0 Å². The Hall–Kier alpha value is -1.85. The largest absolute Gasteiger partial charge is 0.481 e. The lowest BCUT2D eigenvalue weighted by atomic mass is 9.80. The molecule has 90 valence electrons. The molecule has 0 saturated heterocycles. The molecule has 0 rings (SSSR count).